The van der Waals surface area contributed by atoms with Crippen molar-refractivity contribution < 1.29 is 5.11 Å². The van der Waals surface area contributed by atoms with E-state index in [1.807, 2.05) is 18.2 Å². The van der Waals surface area contributed by atoms with Crippen molar-refractivity contribution in [3.05, 3.63) is 29.8 Å². The van der Waals surface area contributed by atoms with Crippen LogP contribution in [0.3, 0.4) is 0 Å². The molecule has 0 saturated heterocycles. The van der Waals surface area contributed by atoms with Gasteiger partial charge in [-0.25, -0.2) is 0 Å². The van der Waals surface area contributed by atoms with Crippen molar-refractivity contribution >= 4 is 0 Å². The van der Waals surface area contributed by atoms with Crippen molar-refractivity contribution in [2.24, 2.45) is 0 Å². The van der Waals surface area contributed by atoms with Gasteiger partial charge in [0.2, 0.25) is 0 Å². The summed E-state index contributed by atoms with van der Waals surface area (Å²) in [7, 11) is 0. The molecule has 0 aromatic heterocycles. The maximum atomic E-state index is 9.74. The molecule has 0 atom stereocenters. The second-order valence-electron chi connectivity index (χ2n) is 4.55. The summed E-state index contributed by atoms with van der Waals surface area (Å²) in [6.45, 7) is 8.55. The Kier molecular flexibility index (Phi) is 5.33. The topological polar surface area (TPSA) is 23.5 Å². The molecule has 1 N–H and O–H groups in total. The van der Waals surface area contributed by atoms with E-state index in [0.29, 0.717) is 11.8 Å². The van der Waals surface area contributed by atoms with E-state index in [2.05, 4.69) is 25.7 Å². The number of para-hydroxylation sites is 1. The van der Waals surface area contributed by atoms with Crippen molar-refractivity contribution in [3.8, 4) is 5.75 Å². The largest absolute Gasteiger partial charge is 0.508 e. The summed E-state index contributed by atoms with van der Waals surface area (Å²) in [5, 5.41) is 9.74. The number of rotatable bonds is 6. The highest BCUT2D eigenvalue weighted by molar-refractivity contribution is 5.31. The smallest absolute Gasteiger partial charge is 0.120 e. The third-order valence-corrected chi connectivity index (χ3v) is 2.89. The van der Waals surface area contributed by atoms with Crippen LogP contribution < -0.4 is 0 Å². The van der Waals surface area contributed by atoms with E-state index < -0.39 is 0 Å². The third kappa shape index (κ3) is 3.86. The van der Waals surface area contributed by atoms with Crippen molar-refractivity contribution in [3.63, 3.8) is 0 Å². The van der Waals surface area contributed by atoms with Gasteiger partial charge in [-0.2, -0.15) is 0 Å². The number of aromatic hydroxyl groups is 1. The van der Waals surface area contributed by atoms with Crippen LogP contribution in [-0.2, 0) is 6.54 Å². The molecule has 1 aromatic rings. The van der Waals surface area contributed by atoms with E-state index in [1.54, 1.807) is 6.07 Å². The lowest BCUT2D eigenvalue weighted by atomic mass is 10.1. The predicted molar refractivity (Wildman–Crippen MR) is 68.6 cm³/mol. The van der Waals surface area contributed by atoms with Gasteiger partial charge in [0.25, 0.3) is 0 Å². The standard InChI is InChI=1S/C14H23NO/c1-4-5-10-15(12(2)3)11-13-8-6-7-9-14(13)16/h6-9,12,16H,4-5,10-11H2,1-3H3. The molecule has 0 aliphatic carbocycles. The van der Waals surface area contributed by atoms with Gasteiger partial charge in [-0.05, 0) is 32.9 Å². The van der Waals surface area contributed by atoms with Gasteiger partial charge in [-0.15, -0.1) is 0 Å². The predicted octanol–water partition coefficient (Wildman–Crippen LogP) is 3.40. The molecular weight excluding hydrogens is 198 g/mol. The highest BCUT2D eigenvalue weighted by atomic mass is 16.3. The molecule has 0 aliphatic heterocycles. The summed E-state index contributed by atoms with van der Waals surface area (Å²) in [6, 6.07) is 8.12. The van der Waals surface area contributed by atoms with Crippen LogP contribution in [-0.4, -0.2) is 22.6 Å². The lowest BCUT2D eigenvalue weighted by Gasteiger charge is -2.26. The molecule has 0 saturated carbocycles. The Labute approximate surface area is 98.9 Å². The van der Waals surface area contributed by atoms with Gasteiger partial charge in [0.05, 0.1) is 0 Å². The molecule has 0 aliphatic rings. The molecule has 1 aromatic carbocycles. The molecule has 0 bridgehead atoms. The fourth-order valence-corrected chi connectivity index (χ4v) is 1.74. The Balaban J connectivity index is 2.64. The SMILES string of the molecule is CCCCN(Cc1ccccc1O)C(C)C. The summed E-state index contributed by atoms with van der Waals surface area (Å²) in [5.74, 6) is 0.407. The quantitative estimate of drug-likeness (QED) is 0.795. The third-order valence-electron chi connectivity index (χ3n) is 2.89. The minimum Gasteiger partial charge on any atom is -0.508 e. The first-order chi connectivity index (χ1) is 7.65. The monoisotopic (exact) mass is 221 g/mol. The molecule has 16 heavy (non-hydrogen) atoms. The molecule has 2 nitrogen and oxygen atoms in total. The number of phenolic OH excluding ortho intramolecular Hbond substituents is 1. The Bertz CT molecular complexity index is 309. The van der Waals surface area contributed by atoms with Crippen LogP contribution in [0.2, 0.25) is 0 Å². The van der Waals surface area contributed by atoms with Crippen LogP contribution >= 0.6 is 0 Å². The Hall–Kier alpha value is -1.02. The van der Waals surface area contributed by atoms with Gasteiger partial charge in [0.15, 0.2) is 0 Å². The zero-order valence-corrected chi connectivity index (χ0v) is 10.6. The number of hydrogen-bond acceptors (Lipinski definition) is 2. The van der Waals surface area contributed by atoms with Crippen molar-refractivity contribution in [1.82, 2.24) is 4.90 Å². The van der Waals surface area contributed by atoms with Crippen molar-refractivity contribution in [2.45, 2.75) is 46.2 Å². The Morgan fingerprint density at radius 1 is 1.25 bits per heavy atom. The van der Waals surface area contributed by atoms with E-state index in [1.165, 1.54) is 12.8 Å². The number of phenols is 1. The molecule has 1 rings (SSSR count). The number of nitrogens with zero attached hydrogens (tertiary/aromatic N) is 1. The average Bonchev–Trinajstić information content (AvgIpc) is 2.26. The van der Waals surface area contributed by atoms with E-state index in [4.69, 9.17) is 0 Å². The van der Waals surface area contributed by atoms with Gasteiger partial charge in [-0.3, -0.25) is 4.90 Å². The summed E-state index contributed by atoms with van der Waals surface area (Å²) in [5.41, 5.74) is 1.02. The zero-order chi connectivity index (χ0) is 12.0. The molecule has 0 amide bonds. The van der Waals surface area contributed by atoms with Gasteiger partial charge in [-0.1, -0.05) is 31.5 Å². The van der Waals surface area contributed by atoms with Crippen LogP contribution in [0.15, 0.2) is 24.3 Å². The lowest BCUT2D eigenvalue weighted by molar-refractivity contribution is 0.207. The van der Waals surface area contributed by atoms with Crippen LogP contribution in [0.1, 0.15) is 39.2 Å². The van der Waals surface area contributed by atoms with E-state index >= 15 is 0 Å². The highest BCUT2D eigenvalue weighted by Gasteiger charge is 2.11. The molecule has 0 fully saturated rings. The molecule has 0 heterocycles. The molecule has 0 unspecified atom stereocenters. The maximum absolute atomic E-state index is 9.74. The maximum Gasteiger partial charge on any atom is 0.120 e. The summed E-state index contributed by atoms with van der Waals surface area (Å²) in [6.07, 6.45) is 2.43. The first kappa shape index (κ1) is 13.0. The molecule has 0 radical (unpaired) electrons. The Morgan fingerprint density at radius 2 is 1.94 bits per heavy atom. The minimum absolute atomic E-state index is 0.407. The number of hydrogen-bond donors (Lipinski definition) is 1. The van der Waals surface area contributed by atoms with Crippen LogP contribution in [0.25, 0.3) is 0 Å². The minimum atomic E-state index is 0.407. The van der Waals surface area contributed by atoms with Crippen molar-refractivity contribution in [2.75, 3.05) is 6.54 Å². The molecule has 2 heteroatoms. The van der Waals surface area contributed by atoms with Gasteiger partial charge in [0, 0.05) is 18.2 Å². The summed E-state index contributed by atoms with van der Waals surface area (Å²) in [4.78, 5) is 2.40. The number of unbranched alkanes of at least 4 members (excludes halogenated alkanes) is 1. The second-order valence-corrected chi connectivity index (χ2v) is 4.55. The van der Waals surface area contributed by atoms with Gasteiger partial charge in [0.1, 0.15) is 5.75 Å². The highest BCUT2D eigenvalue weighted by Crippen LogP contribution is 2.19. The van der Waals surface area contributed by atoms with Gasteiger partial charge < -0.3 is 5.11 Å². The van der Waals surface area contributed by atoms with E-state index in [9.17, 15) is 5.11 Å². The molecule has 90 valence electrons. The first-order valence-electron chi connectivity index (χ1n) is 6.16. The van der Waals surface area contributed by atoms with Crippen LogP contribution in [0.5, 0.6) is 5.75 Å². The number of benzene rings is 1. The fraction of sp³-hybridized carbons (Fsp3) is 0.571. The van der Waals surface area contributed by atoms with E-state index in [-0.39, 0.29) is 0 Å². The first-order valence-corrected chi connectivity index (χ1v) is 6.16. The second kappa shape index (κ2) is 6.54. The van der Waals surface area contributed by atoms with Gasteiger partial charge >= 0.3 is 0 Å². The summed E-state index contributed by atoms with van der Waals surface area (Å²) >= 11 is 0. The van der Waals surface area contributed by atoms with Crippen molar-refractivity contribution in [1.29, 1.82) is 0 Å². The lowest BCUT2D eigenvalue weighted by Crippen LogP contribution is -2.31. The molecule has 0 spiro atoms. The normalized spacial score (nSPS) is 11.3. The molecular formula is C14H23NO. The van der Waals surface area contributed by atoms with Crippen LogP contribution in [0.4, 0.5) is 0 Å². The summed E-state index contributed by atoms with van der Waals surface area (Å²) < 4.78 is 0. The van der Waals surface area contributed by atoms with Crippen LogP contribution in [0, 0.1) is 0 Å². The zero-order valence-electron chi connectivity index (χ0n) is 10.6. The Morgan fingerprint density at radius 3 is 2.50 bits per heavy atom. The average molecular weight is 221 g/mol. The fourth-order valence-electron chi connectivity index (χ4n) is 1.74. The van der Waals surface area contributed by atoms with E-state index in [0.717, 1.165) is 18.7 Å².